The van der Waals surface area contributed by atoms with Gasteiger partial charge in [0.2, 0.25) is 0 Å². The molecular formula is C26H19F2N3O4. The van der Waals surface area contributed by atoms with Crippen molar-refractivity contribution in [2.45, 2.75) is 6.61 Å². The summed E-state index contributed by atoms with van der Waals surface area (Å²) < 4.78 is 36.9. The number of furan rings is 1. The van der Waals surface area contributed by atoms with Crippen molar-refractivity contribution in [3.8, 4) is 5.95 Å². The van der Waals surface area contributed by atoms with Crippen molar-refractivity contribution in [1.82, 2.24) is 5.43 Å². The van der Waals surface area contributed by atoms with Crippen LogP contribution in [0.4, 0.5) is 14.5 Å². The summed E-state index contributed by atoms with van der Waals surface area (Å²) in [6.45, 7) is 0.204. The van der Waals surface area contributed by atoms with Crippen LogP contribution >= 0.6 is 0 Å². The maximum atomic E-state index is 13.0. The van der Waals surface area contributed by atoms with E-state index in [0.29, 0.717) is 11.4 Å². The van der Waals surface area contributed by atoms with Gasteiger partial charge in [-0.15, -0.1) is 0 Å². The molecule has 0 unspecified atom stereocenters. The van der Waals surface area contributed by atoms with E-state index in [1.54, 1.807) is 42.5 Å². The summed E-state index contributed by atoms with van der Waals surface area (Å²) in [6.07, 6.45) is 1.31. The molecule has 0 radical (unpaired) electrons. The fourth-order valence-corrected chi connectivity index (χ4v) is 2.98. The van der Waals surface area contributed by atoms with Crippen molar-refractivity contribution >= 4 is 23.7 Å². The Balaban J connectivity index is 1.29. The quantitative estimate of drug-likeness (QED) is 0.272. The summed E-state index contributed by atoms with van der Waals surface area (Å²) in [4.78, 5) is 24.7. The van der Waals surface area contributed by atoms with Crippen molar-refractivity contribution in [3.63, 3.8) is 0 Å². The molecule has 2 amide bonds. The number of nitrogens with zero attached hydrogens (tertiary/aromatic N) is 1. The van der Waals surface area contributed by atoms with Crippen LogP contribution < -0.4 is 15.5 Å². The monoisotopic (exact) mass is 475 g/mol. The first kappa shape index (κ1) is 23.4. The molecule has 0 aliphatic rings. The topological polar surface area (TPSA) is 92.9 Å². The summed E-state index contributed by atoms with van der Waals surface area (Å²) in [5.41, 5.74) is 4.10. The Morgan fingerprint density at radius 1 is 0.857 bits per heavy atom. The third-order valence-corrected chi connectivity index (χ3v) is 4.74. The molecular weight excluding hydrogens is 456 g/mol. The van der Waals surface area contributed by atoms with Gasteiger partial charge in [0.05, 0.1) is 6.21 Å². The normalized spacial score (nSPS) is 10.8. The van der Waals surface area contributed by atoms with E-state index in [1.165, 1.54) is 48.7 Å². The van der Waals surface area contributed by atoms with Crippen LogP contribution in [0.1, 0.15) is 32.0 Å². The molecule has 3 aromatic carbocycles. The van der Waals surface area contributed by atoms with Crippen LogP contribution in [-0.2, 0) is 6.61 Å². The molecule has 1 heterocycles. The van der Waals surface area contributed by atoms with Crippen LogP contribution in [0.25, 0.3) is 0 Å². The molecule has 4 aromatic rings. The number of anilines is 1. The number of hydrazone groups is 1. The van der Waals surface area contributed by atoms with Gasteiger partial charge in [0.1, 0.15) is 18.2 Å². The number of hydrogen-bond acceptors (Lipinski definition) is 5. The predicted molar refractivity (Wildman–Crippen MR) is 125 cm³/mol. The summed E-state index contributed by atoms with van der Waals surface area (Å²) >= 11 is 0. The first-order chi connectivity index (χ1) is 17.0. The van der Waals surface area contributed by atoms with E-state index in [9.17, 15) is 18.4 Å². The lowest BCUT2D eigenvalue weighted by Gasteiger charge is -2.07. The van der Waals surface area contributed by atoms with Crippen molar-refractivity contribution < 1.29 is 27.5 Å². The molecule has 7 nitrogen and oxygen atoms in total. The molecule has 0 fully saturated rings. The Bertz CT molecular complexity index is 1350. The second-order valence-corrected chi connectivity index (χ2v) is 7.31. The third-order valence-electron chi connectivity index (χ3n) is 4.74. The highest BCUT2D eigenvalue weighted by Gasteiger charge is 2.09. The Kier molecular flexibility index (Phi) is 7.27. The van der Waals surface area contributed by atoms with Gasteiger partial charge in [0, 0.05) is 22.9 Å². The number of amides is 2. The molecule has 4 rings (SSSR count). The largest absolute Gasteiger partial charge is 0.460 e. The average Bonchev–Trinajstić information content (AvgIpc) is 3.32. The predicted octanol–water partition coefficient (Wildman–Crippen LogP) is 5.15. The highest BCUT2D eigenvalue weighted by atomic mass is 19.1. The van der Waals surface area contributed by atoms with Gasteiger partial charge >= 0.3 is 0 Å². The highest BCUT2D eigenvalue weighted by molar-refractivity contribution is 6.05. The standard InChI is InChI=1S/C26H19F2N3O4/c27-20-8-4-17(5-9-20)16-34-24-13-12-23(35-24)15-29-31-26(33)19-2-1-3-22(14-19)30-25(32)18-6-10-21(28)11-7-18/h1-15H,16H2,(H,30,32)(H,31,33)/b29-15+. The lowest BCUT2D eigenvalue weighted by Crippen LogP contribution is -2.18. The molecule has 2 N–H and O–H groups in total. The molecule has 0 spiro atoms. The van der Waals surface area contributed by atoms with E-state index >= 15 is 0 Å². The van der Waals surface area contributed by atoms with E-state index in [-0.39, 0.29) is 29.5 Å². The molecule has 176 valence electrons. The van der Waals surface area contributed by atoms with E-state index in [1.807, 2.05) is 0 Å². The number of rotatable bonds is 8. The Morgan fingerprint density at radius 3 is 2.31 bits per heavy atom. The van der Waals surface area contributed by atoms with E-state index in [2.05, 4.69) is 15.8 Å². The molecule has 1 aromatic heterocycles. The lowest BCUT2D eigenvalue weighted by molar-refractivity contribution is 0.0953. The smallest absolute Gasteiger partial charge is 0.285 e. The van der Waals surface area contributed by atoms with Gasteiger partial charge in [-0.2, -0.15) is 5.10 Å². The van der Waals surface area contributed by atoms with Crippen LogP contribution in [0, 0.1) is 11.6 Å². The molecule has 0 bridgehead atoms. The van der Waals surface area contributed by atoms with E-state index in [0.717, 1.165) is 5.56 Å². The van der Waals surface area contributed by atoms with Crippen LogP contribution in [0.2, 0.25) is 0 Å². The number of carbonyl (C=O) groups excluding carboxylic acids is 2. The maximum Gasteiger partial charge on any atom is 0.285 e. The van der Waals surface area contributed by atoms with Crippen LogP contribution in [0.15, 0.2) is 94.4 Å². The molecule has 0 saturated carbocycles. The average molecular weight is 475 g/mol. The number of benzene rings is 3. The first-order valence-corrected chi connectivity index (χ1v) is 10.4. The fraction of sp³-hybridized carbons (Fsp3) is 0.0385. The zero-order valence-corrected chi connectivity index (χ0v) is 18.2. The van der Waals surface area contributed by atoms with Gasteiger partial charge in [0.15, 0.2) is 5.76 Å². The molecule has 0 aliphatic heterocycles. The zero-order chi connectivity index (χ0) is 24.6. The Morgan fingerprint density at radius 2 is 1.57 bits per heavy atom. The summed E-state index contributed by atoms with van der Waals surface area (Å²) in [5.74, 6) is -1.11. The maximum absolute atomic E-state index is 13.0. The lowest BCUT2D eigenvalue weighted by atomic mass is 10.1. The van der Waals surface area contributed by atoms with Gasteiger partial charge in [-0.25, -0.2) is 14.2 Å². The minimum Gasteiger partial charge on any atom is -0.460 e. The first-order valence-electron chi connectivity index (χ1n) is 10.4. The number of carbonyl (C=O) groups is 2. The summed E-state index contributed by atoms with van der Waals surface area (Å²) in [7, 11) is 0. The van der Waals surface area contributed by atoms with E-state index < -0.39 is 17.6 Å². The SMILES string of the molecule is O=C(N/N=C/c1ccc(OCc2ccc(F)cc2)o1)c1cccc(NC(=O)c2ccc(F)cc2)c1. The highest BCUT2D eigenvalue weighted by Crippen LogP contribution is 2.17. The Hall–Kier alpha value is -4.79. The van der Waals surface area contributed by atoms with Gasteiger partial charge in [-0.05, 0) is 66.2 Å². The van der Waals surface area contributed by atoms with E-state index in [4.69, 9.17) is 9.15 Å². The van der Waals surface area contributed by atoms with Gasteiger partial charge in [-0.1, -0.05) is 18.2 Å². The van der Waals surface area contributed by atoms with Crippen molar-refractivity contribution in [1.29, 1.82) is 0 Å². The molecule has 0 saturated heterocycles. The molecule has 0 atom stereocenters. The molecule has 0 aliphatic carbocycles. The van der Waals surface area contributed by atoms with Gasteiger partial charge in [0.25, 0.3) is 17.8 Å². The second kappa shape index (κ2) is 10.9. The molecule has 35 heavy (non-hydrogen) atoms. The number of nitrogens with one attached hydrogen (secondary N) is 2. The van der Waals surface area contributed by atoms with Crippen molar-refractivity contribution in [2.75, 3.05) is 5.32 Å². The van der Waals surface area contributed by atoms with Crippen LogP contribution in [0.3, 0.4) is 0 Å². The number of hydrogen-bond donors (Lipinski definition) is 2. The Labute approximate surface area is 199 Å². The van der Waals surface area contributed by atoms with Gasteiger partial charge < -0.3 is 14.5 Å². The van der Waals surface area contributed by atoms with Crippen molar-refractivity contribution in [3.05, 3.63) is 119 Å². The minimum atomic E-state index is -0.501. The number of halogens is 2. The van der Waals surface area contributed by atoms with Gasteiger partial charge in [-0.3, -0.25) is 9.59 Å². The minimum absolute atomic E-state index is 0.204. The van der Waals surface area contributed by atoms with Crippen LogP contribution in [0.5, 0.6) is 5.95 Å². The second-order valence-electron chi connectivity index (χ2n) is 7.31. The summed E-state index contributed by atoms with van der Waals surface area (Å²) in [5, 5.41) is 6.52. The number of ether oxygens (including phenoxy) is 1. The van der Waals surface area contributed by atoms with Crippen LogP contribution in [-0.4, -0.2) is 18.0 Å². The van der Waals surface area contributed by atoms with Crippen molar-refractivity contribution in [2.24, 2.45) is 5.10 Å². The zero-order valence-electron chi connectivity index (χ0n) is 18.2. The molecule has 9 heteroatoms. The summed E-state index contributed by atoms with van der Waals surface area (Å²) in [6, 6.07) is 20.5. The third kappa shape index (κ3) is 6.61. The fourth-order valence-electron chi connectivity index (χ4n) is 2.98.